The lowest BCUT2D eigenvalue weighted by atomic mass is 9.98. The minimum Gasteiger partial charge on any atom is -0.491 e. The molecule has 1 saturated heterocycles. The van der Waals surface area contributed by atoms with Crippen LogP contribution in [-0.4, -0.2) is 60.4 Å². The summed E-state index contributed by atoms with van der Waals surface area (Å²) in [6.45, 7) is 2.67. The summed E-state index contributed by atoms with van der Waals surface area (Å²) in [5, 5.41) is 11.7. The highest BCUT2D eigenvalue weighted by molar-refractivity contribution is 7.18. The Labute approximate surface area is 180 Å². The lowest BCUT2D eigenvalue weighted by molar-refractivity contribution is 0.0578. The molecule has 2 atom stereocenters. The van der Waals surface area contributed by atoms with Crippen LogP contribution in [0.15, 0.2) is 48.5 Å². The van der Waals surface area contributed by atoms with Gasteiger partial charge in [0.2, 0.25) is 0 Å². The summed E-state index contributed by atoms with van der Waals surface area (Å²) < 4.78 is 11.6. The Morgan fingerprint density at radius 2 is 2.07 bits per heavy atom. The monoisotopic (exact) mass is 426 g/mol. The zero-order valence-electron chi connectivity index (χ0n) is 17.0. The molecule has 3 aromatic rings. The maximum atomic E-state index is 11.5. The van der Waals surface area contributed by atoms with Gasteiger partial charge in [0.25, 0.3) is 0 Å². The molecule has 0 amide bonds. The van der Waals surface area contributed by atoms with E-state index in [0.29, 0.717) is 23.8 Å². The Hall–Kier alpha value is -2.48. The van der Waals surface area contributed by atoms with E-state index in [2.05, 4.69) is 27.8 Å². The van der Waals surface area contributed by atoms with Crippen LogP contribution in [0.2, 0.25) is 0 Å². The predicted molar refractivity (Wildman–Crippen MR) is 117 cm³/mol. The molecule has 1 aliphatic rings. The van der Waals surface area contributed by atoms with Crippen molar-refractivity contribution in [1.82, 2.24) is 9.88 Å². The number of piperidine rings is 1. The number of carbonyl (C=O) groups is 1. The van der Waals surface area contributed by atoms with Gasteiger partial charge < -0.3 is 14.6 Å². The lowest BCUT2D eigenvalue weighted by Crippen LogP contribution is -2.41. The Kier molecular flexibility index (Phi) is 6.62. The van der Waals surface area contributed by atoms with Crippen LogP contribution in [0.5, 0.6) is 5.75 Å². The summed E-state index contributed by atoms with van der Waals surface area (Å²) in [5.41, 5.74) is 1.54. The molecule has 0 unspecified atom stereocenters. The molecular formula is C23H26N2O4S. The number of β-amino-alcohol motifs (C(OH)–C–C–N with tert-alkyl or cyclic N) is 1. The zero-order chi connectivity index (χ0) is 20.9. The number of esters is 1. The Balaban J connectivity index is 1.28. The van der Waals surface area contributed by atoms with Crippen LogP contribution in [0.3, 0.4) is 0 Å². The van der Waals surface area contributed by atoms with E-state index in [0.717, 1.165) is 31.4 Å². The predicted octanol–water partition coefficient (Wildman–Crippen LogP) is 3.70. The first kappa shape index (κ1) is 20.8. The van der Waals surface area contributed by atoms with E-state index in [1.165, 1.54) is 16.8 Å². The number of rotatable bonds is 7. The Morgan fingerprint density at radius 3 is 2.83 bits per heavy atom. The van der Waals surface area contributed by atoms with Gasteiger partial charge in [-0.15, -0.1) is 11.3 Å². The summed E-state index contributed by atoms with van der Waals surface area (Å²) in [6.07, 6.45) is 1.65. The van der Waals surface area contributed by atoms with Crippen LogP contribution in [0.1, 0.15) is 34.1 Å². The number of hydrogen-bond acceptors (Lipinski definition) is 7. The minimum atomic E-state index is -0.584. The van der Waals surface area contributed by atoms with E-state index in [1.807, 2.05) is 6.07 Å². The molecule has 0 bridgehead atoms. The third kappa shape index (κ3) is 4.98. The van der Waals surface area contributed by atoms with Crippen molar-refractivity contribution in [1.29, 1.82) is 0 Å². The van der Waals surface area contributed by atoms with Crippen LogP contribution in [-0.2, 0) is 4.74 Å². The fraction of sp³-hybridized carbons (Fsp3) is 0.391. The van der Waals surface area contributed by atoms with Gasteiger partial charge in [-0.25, -0.2) is 9.78 Å². The molecule has 6 nitrogen and oxygen atoms in total. The van der Waals surface area contributed by atoms with Gasteiger partial charge in [-0.2, -0.15) is 0 Å². The number of benzene rings is 2. The van der Waals surface area contributed by atoms with Crippen LogP contribution < -0.4 is 4.74 Å². The van der Waals surface area contributed by atoms with Crippen molar-refractivity contribution >= 4 is 27.5 Å². The van der Waals surface area contributed by atoms with Crippen LogP contribution in [0.4, 0.5) is 0 Å². The number of aromatic nitrogens is 1. The normalized spacial score (nSPS) is 18.3. The van der Waals surface area contributed by atoms with Gasteiger partial charge >= 0.3 is 5.97 Å². The Morgan fingerprint density at radius 1 is 1.27 bits per heavy atom. The molecule has 1 N–H and O–H groups in total. The third-order valence-electron chi connectivity index (χ3n) is 5.35. The third-order valence-corrected chi connectivity index (χ3v) is 6.55. The maximum absolute atomic E-state index is 11.5. The number of para-hydroxylation sites is 1. The van der Waals surface area contributed by atoms with Crippen molar-refractivity contribution < 1.29 is 19.4 Å². The highest BCUT2D eigenvalue weighted by Crippen LogP contribution is 2.32. The second kappa shape index (κ2) is 9.55. The van der Waals surface area contributed by atoms with Crippen LogP contribution >= 0.6 is 11.3 Å². The molecule has 2 heterocycles. The summed E-state index contributed by atoms with van der Waals surface area (Å²) in [6, 6.07) is 15.0. The maximum Gasteiger partial charge on any atom is 0.337 e. The summed E-state index contributed by atoms with van der Waals surface area (Å²) in [7, 11) is 1.35. The number of aliphatic hydroxyl groups is 1. The topological polar surface area (TPSA) is 71.9 Å². The fourth-order valence-electron chi connectivity index (χ4n) is 3.84. The van der Waals surface area contributed by atoms with E-state index in [9.17, 15) is 9.90 Å². The van der Waals surface area contributed by atoms with Crippen LogP contribution in [0.25, 0.3) is 10.2 Å². The van der Waals surface area contributed by atoms with Crippen molar-refractivity contribution in [2.24, 2.45) is 0 Å². The molecular weight excluding hydrogens is 400 g/mol. The van der Waals surface area contributed by atoms with Gasteiger partial charge in [0.05, 0.1) is 27.9 Å². The molecule has 0 spiro atoms. The number of carbonyl (C=O) groups excluding carboxylic acids is 1. The van der Waals surface area contributed by atoms with Gasteiger partial charge in [-0.1, -0.05) is 12.1 Å². The highest BCUT2D eigenvalue weighted by Gasteiger charge is 2.25. The first-order valence-electron chi connectivity index (χ1n) is 10.2. The van der Waals surface area contributed by atoms with Gasteiger partial charge in [0, 0.05) is 19.0 Å². The van der Waals surface area contributed by atoms with E-state index in [1.54, 1.807) is 35.6 Å². The molecule has 1 aromatic heterocycles. The number of fused-ring (bicyclic) bond motifs is 1. The van der Waals surface area contributed by atoms with Crippen LogP contribution in [0, 0.1) is 0 Å². The van der Waals surface area contributed by atoms with Crippen molar-refractivity contribution in [3.05, 3.63) is 59.1 Å². The first-order chi connectivity index (χ1) is 14.6. The second-order valence-electron chi connectivity index (χ2n) is 7.60. The van der Waals surface area contributed by atoms with E-state index in [4.69, 9.17) is 9.72 Å². The van der Waals surface area contributed by atoms with Gasteiger partial charge in [0.15, 0.2) is 0 Å². The lowest BCUT2D eigenvalue weighted by Gasteiger charge is -2.33. The quantitative estimate of drug-likeness (QED) is 0.581. The number of ether oxygens (including phenoxy) is 2. The number of aliphatic hydroxyl groups excluding tert-OH is 1. The zero-order valence-corrected chi connectivity index (χ0v) is 17.8. The standard InChI is InChI=1S/C23H26N2O4S/c1-28-23(27)16-8-10-19(11-9-16)29-15-18(26)14-25-12-4-5-17(13-25)22-24-20-6-2-3-7-21(20)30-22/h2-3,6-11,17-18,26H,4-5,12-15H2,1H3/t17-,18-/m0/s1. The number of thiazole rings is 1. The van der Waals surface area contributed by atoms with Crippen molar-refractivity contribution in [3.63, 3.8) is 0 Å². The molecule has 1 aliphatic heterocycles. The summed E-state index contributed by atoms with van der Waals surface area (Å²) >= 11 is 1.78. The molecule has 2 aromatic carbocycles. The molecule has 0 aliphatic carbocycles. The molecule has 4 rings (SSSR count). The first-order valence-corrected chi connectivity index (χ1v) is 11.0. The average Bonchev–Trinajstić information content (AvgIpc) is 3.22. The smallest absolute Gasteiger partial charge is 0.337 e. The number of hydrogen-bond donors (Lipinski definition) is 1. The molecule has 30 heavy (non-hydrogen) atoms. The van der Waals surface area contributed by atoms with Crippen molar-refractivity contribution in [3.8, 4) is 5.75 Å². The number of likely N-dealkylation sites (tertiary alicyclic amines) is 1. The van der Waals surface area contributed by atoms with Gasteiger partial charge in [-0.05, 0) is 55.8 Å². The van der Waals surface area contributed by atoms with E-state index >= 15 is 0 Å². The molecule has 0 radical (unpaired) electrons. The molecule has 158 valence electrons. The van der Waals surface area contributed by atoms with Gasteiger partial charge in [-0.3, -0.25) is 4.90 Å². The second-order valence-corrected chi connectivity index (χ2v) is 8.66. The summed E-state index contributed by atoms with van der Waals surface area (Å²) in [4.78, 5) is 18.6. The fourth-order valence-corrected chi connectivity index (χ4v) is 4.93. The molecule has 0 saturated carbocycles. The molecule has 1 fully saturated rings. The number of nitrogens with zero attached hydrogens (tertiary/aromatic N) is 2. The number of methoxy groups -OCH3 is 1. The van der Waals surface area contributed by atoms with Crippen molar-refractivity contribution in [2.75, 3.05) is 33.4 Å². The van der Waals surface area contributed by atoms with E-state index in [-0.39, 0.29) is 12.6 Å². The van der Waals surface area contributed by atoms with E-state index < -0.39 is 6.10 Å². The largest absolute Gasteiger partial charge is 0.491 e. The minimum absolute atomic E-state index is 0.208. The summed E-state index contributed by atoms with van der Waals surface area (Å²) in [5.74, 6) is 0.650. The average molecular weight is 427 g/mol. The van der Waals surface area contributed by atoms with Crippen molar-refractivity contribution in [2.45, 2.75) is 24.9 Å². The SMILES string of the molecule is COC(=O)c1ccc(OC[C@@H](O)CN2CCC[C@H](c3nc4ccccc4s3)C2)cc1. The van der Waals surface area contributed by atoms with Gasteiger partial charge in [0.1, 0.15) is 18.5 Å². The highest BCUT2D eigenvalue weighted by atomic mass is 32.1. The molecule has 7 heteroatoms. The Bertz CT molecular complexity index is 955.